The van der Waals surface area contributed by atoms with Crippen LogP contribution in [0.3, 0.4) is 0 Å². The molecule has 266 valence electrons. The van der Waals surface area contributed by atoms with E-state index in [1.807, 2.05) is 36.4 Å². The number of ether oxygens (including phenoxy) is 2. The molecule has 0 fully saturated rings. The molecule has 0 unspecified atom stereocenters. The fourth-order valence-corrected chi connectivity index (χ4v) is 5.16. The van der Waals surface area contributed by atoms with Gasteiger partial charge in [-0.15, -0.1) is 0 Å². The number of rotatable bonds is 12. The van der Waals surface area contributed by atoms with Gasteiger partial charge in [-0.1, -0.05) is 107 Å². The third kappa shape index (κ3) is 12.3. The van der Waals surface area contributed by atoms with E-state index in [2.05, 4.69) is 93.7 Å². The van der Waals surface area contributed by atoms with Gasteiger partial charge in [0.25, 0.3) is 0 Å². The van der Waals surface area contributed by atoms with Crippen LogP contribution in [0.5, 0.6) is 11.5 Å². The first kappa shape index (κ1) is 40.2. The van der Waals surface area contributed by atoms with E-state index in [0.717, 1.165) is 33.4 Å². The Bertz CT molecular complexity index is 1280. The normalized spacial score (nSPS) is 12.8. The summed E-state index contributed by atoms with van der Waals surface area (Å²) >= 11 is 0. The van der Waals surface area contributed by atoms with E-state index in [1.165, 1.54) is 0 Å². The Hall–Kier alpha value is -3.94. The van der Waals surface area contributed by atoms with Crippen molar-refractivity contribution in [3.8, 4) is 11.5 Å². The van der Waals surface area contributed by atoms with Crippen LogP contribution in [0.25, 0.3) is 0 Å². The third-order valence-corrected chi connectivity index (χ3v) is 7.88. The number of nitrogens with one attached hydrogen (secondary N) is 2. The van der Waals surface area contributed by atoms with Crippen molar-refractivity contribution < 1.29 is 29.3 Å². The first-order chi connectivity index (χ1) is 22.0. The van der Waals surface area contributed by atoms with Crippen molar-refractivity contribution in [2.24, 2.45) is 0 Å². The van der Waals surface area contributed by atoms with Gasteiger partial charge in [0, 0.05) is 0 Å². The Morgan fingerprint density at radius 3 is 1.08 bits per heavy atom. The van der Waals surface area contributed by atoms with E-state index in [-0.39, 0.29) is 48.0 Å². The van der Waals surface area contributed by atoms with E-state index in [4.69, 9.17) is 9.47 Å². The lowest BCUT2D eigenvalue weighted by Crippen LogP contribution is -2.42. The molecule has 0 saturated carbocycles. The van der Waals surface area contributed by atoms with Crippen LogP contribution in [0, 0.1) is 0 Å². The number of hydrogen-bond acceptors (Lipinski definition) is 6. The van der Waals surface area contributed by atoms with Gasteiger partial charge in [-0.05, 0) is 80.0 Å². The van der Waals surface area contributed by atoms with Crippen molar-refractivity contribution in [3.05, 3.63) is 82.3 Å². The number of phenolic OH excluding ortho intramolecular Hbond substituents is 2. The van der Waals surface area contributed by atoms with Gasteiger partial charge in [-0.2, -0.15) is 0 Å². The van der Waals surface area contributed by atoms with E-state index >= 15 is 0 Å². The zero-order valence-corrected chi connectivity index (χ0v) is 31.4. The standard InChI is InChI=1S/C40H60N2O6/c1-37(2,3)29-23-27(24-30(33(29)43)38(4,5)6)15-13-19-47-21-17-41-35(45)36(46)42-18-22-48-20-14-16-28-25-31(39(7,8)9)34(44)32(26-28)40(10,11)12/h13-14,19-20,23-26,43-44H,15-18,21-22H2,1-12H3,(H,41,45)(H,42,46). The lowest BCUT2D eigenvalue weighted by atomic mass is 9.78. The summed E-state index contributed by atoms with van der Waals surface area (Å²) in [7, 11) is 0. The van der Waals surface area contributed by atoms with Crippen LogP contribution in [-0.4, -0.2) is 48.3 Å². The second-order valence-corrected chi connectivity index (χ2v) is 16.5. The van der Waals surface area contributed by atoms with Crippen molar-refractivity contribution in [1.82, 2.24) is 10.6 Å². The van der Waals surface area contributed by atoms with Crippen molar-refractivity contribution in [2.45, 2.75) is 118 Å². The number of allylic oxidation sites excluding steroid dienone is 2. The summed E-state index contributed by atoms with van der Waals surface area (Å²) < 4.78 is 11.0. The molecule has 0 bridgehead atoms. The highest BCUT2D eigenvalue weighted by Crippen LogP contribution is 2.41. The minimum atomic E-state index is -0.733. The third-order valence-electron chi connectivity index (χ3n) is 7.88. The second kappa shape index (κ2) is 16.4. The number of benzene rings is 2. The van der Waals surface area contributed by atoms with Crippen molar-refractivity contribution in [2.75, 3.05) is 26.3 Å². The molecule has 2 amide bonds. The highest BCUT2D eigenvalue weighted by atomic mass is 16.5. The molecule has 8 nitrogen and oxygen atoms in total. The summed E-state index contributed by atoms with van der Waals surface area (Å²) in [5.41, 5.74) is 5.03. The molecule has 2 rings (SSSR count). The van der Waals surface area contributed by atoms with E-state index < -0.39 is 11.8 Å². The monoisotopic (exact) mass is 664 g/mol. The number of carbonyl (C=O) groups is 2. The summed E-state index contributed by atoms with van der Waals surface area (Å²) in [5, 5.41) is 26.9. The van der Waals surface area contributed by atoms with Gasteiger partial charge in [-0.3, -0.25) is 9.59 Å². The minimum absolute atomic E-state index is 0.183. The predicted molar refractivity (Wildman–Crippen MR) is 195 cm³/mol. The van der Waals surface area contributed by atoms with Gasteiger partial charge in [0.15, 0.2) is 0 Å². The van der Waals surface area contributed by atoms with Crippen molar-refractivity contribution in [1.29, 1.82) is 0 Å². The zero-order valence-electron chi connectivity index (χ0n) is 31.4. The SMILES string of the molecule is CC(C)(C)c1cc(CC=COCCNC(=O)C(=O)NCCOC=CCc2cc(C(C)(C)C)c(O)c(C(C)(C)C)c2)cc(C(C)(C)C)c1O. The minimum Gasteiger partial charge on any atom is -0.507 e. The number of hydrogen-bond donors (Lipinski definition) is 4. The number of carbonyl (C=O) groups excluding carboxylic acids is 2. The maximum absolute atomic E-state index is 12.1. The van der Waals surface area contributed by atoms with Crippen LogP contribution in [0.1, 0.15) is 116 Å². The summed E-state index contributed by atoms with van der Waals surface area (Å²) in [6.45, 7) is 25.8. The molecule has 0 aliphatic carbocycles. The molecule has 0 saturated heterocycles. The van der Waals surface area contributed by atoms with Crippen molar-refractivity contribution >= 4 is 11.8 Å². The predicted octanol–water partition coefficient (Wildman–Crippen LogP) is 7.37. The average Bonchev–Trinajstić information content (AvgIpc) is 2.94. The zero-order chi connectivity index (χ0) is 36.5. The summed E-state index contributed by atoms with van der Waals surface area (Å²) in [6, 6.07) is 8.16. The summed E-state index contributed by atoms with van der Waals surface area (Å²) in [4.78, 5) is 24.2. The van der Waals surface area contributed by atoms with Crippen molar-refractivity contribution in [3.63, 3.8) is 0 Å². The largest absolute Gasteiger partial charge is 0.507 e. The molecular formula is C40H60N2O6. The number of amides is 2. The molecule has 2 aromatic rings. The average molecular weight is 665 g/mol. The molecule has 0 heterocycles. The van der Waals surface area contributed by atoms with Crippen LogP contribution < -0.4 is 10.6 Å². The van der Waals surface area contributed by atoms with Crippen LogP contribution in [0.4, 0.5) is 0 Å². The van der Waals surface area contributed by atoms with Gasteiger partial charge in [0.2, 0.25) is 0 Å². The van der Waals surface area contributed by atoms with Crippen LogP contribution >= 0.6 is 0 Å². The van der Waals surface area contributed by atoms with E-state index in [9.17, 15) is 19.8 Å². The van der Waals surface area contributed by atoms with Gasteiger partial charge in [0.05, 0.1) is 25.6 Å². The van der Waals surface area contributed by atoms with Gasteiger partial charge < -0.3 is 30.3 Å². The maximum Gasteiger partial charge on any atom is 0.309 e. The fourth-order valence-electron chi connectivity index (χ4n) is 5.16. The van der Waals surface area contributed by atoms with Crippen LogP contribution in [0.15, 0.2) is 48.9 Å². The van der Waals surface area contributed by atoms with Gasteiger partial charge in [0.1, 0.15) is 24.7 Å². The Balaban J connectivity index is 1.73. The van der Waals surface area contributed by atoms with Crippen LogP contribution in [0.2, 0.25) is 0 Å². The summed E-state index contributed by atoms with van der Waals surface area (Å²) in [6.07, 6.45) is 8.23. The molecule has 0 atom stereocenters. The highest BCUT2D eigenvalue weighted by Gasteiger charge is 2.27. The molecule has 0 aliphatic rings. The first-order valence-corrected chi connectivity index (χ1v) is 16.9. The molecule has 0 radical (unpaired) electrons. The smallest absolute Gasteiger partial charge is 0.309 e. The molecule has 4 N–H and O–H groups in total. The Labute approximate surface area is 289 Å². The number of phenols is 2. The molecule has 48 heavy (non-hydrogen) atoms. The lowest BCUT2D eigenvalue weighted by Gasteiger charge is -2.28. The molecule has 0 aliphatic heterocycles. The van der Waals surface area contributed by atoms with E-state index in [0.29, 0.717) is 24.3 Å². The second-order valence-electron chi connectivity index (χ2n) is 16.5. The topological polar surface area (TPSA) is 117 Å². The lowest BCUT2D eigenvalue weighted by molar-refractivity contribution is -0.139. The molecule has 8 heteroatoms. The van der Waals surface area contributed by atoms with E-state index in [1.54, 1.807) is 12.5 Å². The Kier molecular flexibility index (Phi) is 13.8. The maximum atomic E-state index is 12.1. The first-order valence-electron chi connectivity index (χ1n) is 16.9. The van der Waals surface area contributed by atoms with Crippen LogP contribution in [-0.2, 0) is 53.6 Å². The number of aromatic hydroxyl groups is 2. The van der Waals surface area contributed by atoms with Gasteiger partial charge >= 0.3 is 11.8 Å². The highest BCUT2D eigenvalue weighted by molar-refractivity contribution is 6.35. The molecule has 2 aromatic carbocycles. The molecular weight excluding hydrogens is 604 g/mol. The Morgan fingerprint density at radius 2 is 0.833 bits per heavy atom. The quantitative estimate of drug-likeness (QED) is 0.107. The molecule has 0 aromatic heterocycles. The molecule has 0 spiro atoms. The fraction of sp³-hybridized carbons (Fsp3) is 0.550. The summed E-state index contributed by atoms with van der Waals surface area (Å²) in [5.74, 6) is -0.754. The van der Waals surface area contributed by atoms with Gasteiger partial charge in [-0.25, -0.2) is 0 Å². The Morgan fingerprint density at radius 1 is 0.562 bits per heavy atom.